The number of pyridine rings is 1. The molecule has 3 heterocycles. The zero-order valence-electron chi connectivity index (χ0n) is 14.9. The quantitative estimate of drug-likeness (QED) is 0.735. The van der Waals surface area contributed by atoms with Gasteiger partial charge in [-0.2, -0.15) is 0 Å². The Morgan fingerprint density at radius 1 is 1.48 bits per heavy atom. The molecule has 3 rings (SSSR count). The molecule has 0 saturated carbocycles. The van der Waals surface area contributed by atoms with Crippen LogP contribution in [-0.2, 0) is 20.8 Å². The zero-order chi connectivity index (χ0) is 17.6. The summed E-state index contributed by atoms with van der Waals surface area (Å²) in [6.07, 6.45) is 3.39. The molecule has 2 saturated heterocycles. The summed E-state index contributed by atoms with van der Waals surface area (Å²) in [5, 5.41) is 2.87. The minimum absolute atomic E-state index is 0.0214. The van der Waals surface area contributed by atoms with Crippen molar-refractivity contribution in [2.45, 2.75) is 31.6 Å². The predicted octanol–water partition coefficient (Wildman–Crippen LogP) is 0.832. The number of aromatic nitrogens is 1. The number of piperidine rings is 1. The lowest BCUT2D eigenvalue weighted by molar-refractivity contribution is -0.133. The largest absolute Gasteiger partial charge is 0.481 e. The summed E-state index contributed by atoms with van der Waals surface area (Å²) in [4.78, 5) is 18.8. The van der Waals surface area contributed by atoms with Crippen molar-refractivity contribution in [2.24, 2.45) is 5.92 Å². The number of methoxy groups -OCH3 is 2. The van der Waals surface area contributed by atoms with Crippen LogP contribution in [0.4, 0.5) is 0 Å². The first-order valence-corrected chi connectivity index (χ1v) is 8.83. The van der Waals surface area contributed by atoms with Crippen LogP contribution >= 0.6 is 0 Å². The number of rotatable bonds is 7. The summed E-state index contributed by atoms with van der Waals surface area (Å²) in [7, 11) is 3.27. The van der Waals surface area contributed by atoms with Crippen LogP contribution in [0.5, 0.6) is 5.88 Å². The summed E-state index contributed by atoms with van der Waals surface area (Å²) in [5.41, 5.74) is 1.08. The first-order chi connectivity index (χ1) is 12.2. The van der Waals surface area contributed by atoms with Crippen molar-refractivity contribution in [1.29, 1.82) is 0 Å². The average Bonchev–Trinajstić information content (AvgIpc) is 3.06. The Labute approximate surface area is 148 Å². The first-order valence-electron chi connectivity index (χ1n) is 8.83. The van der Waals surface area contributed by atoms with Crippen molar-refractivity contribution in [1.82, 2.24) is 15.2 Å². The molecular formula is C18H27N3O4. The Balaban J connectivity index is 1.52. The molecule has 1 aromatic heterocycles. The Bertz CT molecular complexity index is 583. The topological polar surface area (TPSA) is 72.9 Å². The second kappa shape index (κ2) is 8.60. The predicted molar refractivity (Wildman–Crippen MR) is 92.3 cm³/mol. The molecule has 2 aliphatic heterocycles. The minimum atomic E-state index is -0.334. The van der Waals surface area contributed by atoms with Crippen LogP contribution in [0.3, 0.4) is 0 Å². The lowest BCUT2D eigenvalue weighted by Crippen LogP contribution is -2.42. The van der Waals surface area contributed by atoms with Gasteiger partial charge in [0, 0.05) is 38.5 Å². The van der Waals surface area contributed by atoms with Crippen LogP contribution in [0.25, 0.3) is 0 Å². The van der Waals surface area contributed by atoms with Gasteiger partial charge in [0.05, 0.1) is 19.8 Å². The van der Waals surface area contributed by atoms with Crippen molar-refractivity contribution in [3.8, 4) is 5.88 Å². The monoisotopic (exact) mass is 349 g/mol. The molecule has 0 radical (unpaired) electrons. The third-order valence-corrected chi connectivity index (χ3v) is 4.97. The van der Waals surface area contributed by atoms with Gasteiger partial charge >= 0.3 is 0 Å². The highest BCUT2D eigenvalue weighted by atomic mass is 16.5. The Kier molecular flexibility index (Phi) is 6.23. The van der Waals surface area contributed by atoms with Crippen molar-refractivity contribution in [3.63, 3.8) is 0 Å². The van der Waals surface area contributed by atoms with Gasteiger partial charge in [-0.25, -0.2) is 4.98 Å². The highest BCUT2D eigenvalue weighted by Gasteiger charge is 2.41. The molecule has 0 unspecified atom stereocenters. The van der Waals surface area contributed by atoms with E-state index in [0.717, 1.165) is 38.0 Å². The van der Waals surface area contributed by atoms with Gasteiger partial charge in [0.25, 0.3) is 0 Å². The number of carbonyl (C=O) groups is 1. The Morgan fingerprint density at radius 2 is 2.36 bits per heavy atom. The smallest absolute Gasteiger partial charge is 0.249 e. The maximum Gasteiger partial charge on any atom is 0.249 e. The van der Waals surface area contributed by atoms with Crippen molar-refractivity contribution in [3.05, 3.63) is 23.9 Å². The maximum atomic E-state index is 12.2. The lowest BCUT2D eigenvalue weighted by Gasteiger charge is -2.34. The van der Waals surface area contributed by atoms with Crippen molar-refractivity contribution in [2.75, 3.05) is 40.5 Å². The van der Waals surface area contributed by atoms with E-state index in [-0.39, 0.29) is 18.1 Å². The molecule has 0 spiro atoms. The van der Waals surface area contributed by atoms with Gasteiger partial charge in [-0.05, 0) is 31.4 Å². The van der Waals surface area contributed by atoms with Gasteiger partial charge < -0.3 is 19.5 Å². The van der Waals surface area contributed by atoms with Gasteiger partial charge in [-0.1, -0.05) is 6.07 Å². The normalized spacial score (nSPS) is 26.2. The number of nitrogens with zero attached hydrogens (tertiary/aromatic N) is 2. The molecule has 1 aromatic rings. The molecule has 0 bridgehead atoms. The van der Waals surface area contributed by atoms with Crippen LogP contribution in [0.2, 0.25) is 0 Å². The number of amides is 1. The summed E-state index contributed by atoms with van der Waals surface area (Å²) in [6, 6.07) is 3.97. The van der Waals surface area contributed by atoms with Gasteiger partial charge in [0.15, 0.2) is 0 Å². The standard InChI is InChI=1S/C18H27N3O4/c1-23-9-7-19-17(22)15-10-13-5-8-21(12-16(13)25-15)11-14-4-3-6-20-18(14)24-2/h3-4,6,13,15-16H,5,7-12H2,1-2H3,(H,19,22)/t13-,15-,16+/m1/s1. The van der Waals surface area contributed by atoms with Crippen LogP contribution in [0, 0.1) is 5.92 Å². The van der Waals surface area contributed by atoms with Gasteiger partial charge in [-0.15, -0.1) is 0 Å². The molecule has 0 aromatic carbocycles. The fourth-order valence-corrected chi connectivity index (χ4v) is 3.67. The van der Waals surface area contributed by atoms with E-state index >= 15 is 0 Å². The first kappa shape index (κ1) is 18.1. The van der Waals surface area contributed by atoms with Crippen LogP contribution < -0.4 is 10.1 Å². The molecule has 2 aliphatic rings. The third-order valence-electron chi connectivity index (χ3n) is 4.97. The minimum Gasteiger partial charge on any atom is -0.481 e. The average molecular weight is 349 g/mol. The van der Waals surface area contributed by atoms with E-state index < -0.39 is 0 Å². The molecule has 3 atom stereocenters. The van der Waals surface area contributed by atoms with E-state index in [0.29, 0.717) is 24.9 Å². The second-order valence-corrected chi connectivity index (χ2v) is 6.64. The molecule has 1 amide bonds. The highest BCUT2D eigenvalue weighted by Crippen LogP contribution is 2.34. The molecule has 1 N–H and O–H groups in total. The molecule has 0 aliphatic carbocycles. The molecule has 7 nitrogen and oxygen atoms in total. The Morgan fingerprint density at radius 3 is 3.16 bits per heavy atom. The molecule has 2 fully saturated rings. The number of hydrogen-bond donors (Lipinski definition) is 1. The number of nitrogens with one attached hydrogen (secondary N) is 1. The van der Waals surface area contributed by atoms with E-state index in [4.69, 9.17) is 14.2 Å². The van der Waals surface area contributed by atoms with Gasteiger partial charge in [0.1, 0.15) is 6.10 Å². The maximum absolute atomic E-state index is 12.2. The number of hydrogen-bond acceptors (Lipinski definition) is 6. The fraction of sp³-hybridized carbons (Fsp3) is 0.667. The number of ether oxygens (including phenoxy) is 3. The van der Waals surface area contributed by atoms with E-state index in [9.17, 15) is 4.79 Å². The van der Waals surface area contributed by atoms with Crippen molar-refractivity contribution >= 4 is 5.91 Å². The van der Waals surface area contributed by atoms with E-state index in [1.807, 2.05) is 12.1 Å². The zero-order valence-corrected chi connectivity index (χ0v) is 14.9. The van der Waals surface area contributed by atoms with Gasteiger partial charge in [0.2, 0.25) is 11.8 Å². The SMILES string of the molecule is COCCNC(=O)[C@H]1C[C@H]2CCN(Cc3cccnc3OC)C[C@@H]2O1. The van der Waals surface area contributed by atoms with Crippen molar-refractivity contribution < 1.29 is 19.0 Å². The second-order valence-electron chi connectivity index (χ2n) is 6.64. The molecule has 138 valence electrons. The summed E-state index contributed by atoms with van der Waals surface area (Å²) < 4.78 is 16.3. The van der Waals surface area contributed by atoms with Crippen LogP contribution in [-0.4, -0.2) is 68.5 Å². The van der Waals surface area contributed by atoms with E-state index in [2.05, 4.69) is 15.2 Å². The molecule has 25 heavy (non-hydrogen) atoms. The van der Waals surface area contributed by atoms with E-state index in [1.165, 1.54) is 0 Å². The van der Waals surface area contributed by atoms with Crippen LogP contribution in [0.1, 0.15) is 18.4 Å². The lowest BCUT2D eigenvalue weighted by atomic mass is 9.91. The molecule has 7 heteroatoms. The fourth-order valence-electron chi connectivity index (χ4n) is 3.67. The highest BCUT2D eigenvalue weighted by molar-refractivity contribution is 5.81. The summed E-state index contributed by atoms with van der Waals surface area (Å²) >= 11 is 0. The number of fused-ring (bicyclic) bond motifs is 1. The molecular weight excluding hydrogens is 322 g/mol. The number of carbonyl (C=O) groups excluding carboxylic acids is 1. The van der Waals surface area contributed by atoms with E-state index in [1.54, 1.807) is 20.4 Å². The third kappa shape index (κ3) is 4.48. The van der Waals surface area contributed by atoms with Crippen LogP contribution in [0.15, 0.2) is 18.3 Å². The Hall–Kier alpha value is -1.70. The number of likely N-dealkylation sites (tertiary alicyclic amines) is 1. The summed E-state index contributed by atoms with van der Waals surface area (Å²) in [6.45, 7) is 3.67. The van der Waals surface area contributed by atoms with Gasteiger partial charge in [-0.3, -0.25) is 9.69 Å². The summed E-state index contributed by atoms with van der Waals surface area (Å²) in [5.74, 6) is 1.12.